The summed E-state index contributed by atoms with van der Waals surface area (Å²) >= 11 is 0. The number of allylic oxidation sites excluding steroid dienone is 4. The summed E-state index contributed by atoms with van der Waals surface area (Å²) < 4.78 is 0. The van der Waals surface area contributed by atoms with Crippen molar-refractivity contribution in [3.63, 3.8) is 0 Å². The van der Waals surface area contributed by atoms with Crippen molar-refractivity contribution in [2.75, 3.05) is 0 Å². The summed E-state index contributed by atoms with van der Waals surface area (Å²) in [6.45, 7) is 7.09. The third-order valence-corrected chi connectivity index (χ3v) is 5.45. The summed E-state index contributed by atoms with van der Waals surface area (Å²) in [5.74, 6) is 1.60. The summed E-state index contributed by atoms with van der Waals surface area (Å²) in [5.41, 5.74) is 3.08. The number of hydrogen-bond donors (Lipinski definition) is 0. The van der Waals surface area contributed by atoms with E-state index in [4.69, 9.17) is 0 Å². The predicted molar refractivity (Wildman–Crippen MR) is 104 cm³/mol. The number of rotatable bonds is 5. The van der Waals surface area contributed by atoms with E-state index in [1.165, 1.54) is 17.5 Å². The first-order valence-corrected chi connectivity index (χ1v) is 9.04. The van der Waals surface area contributed by atoms with Crippen LogP contribution < -0.4 is 0 Å². The van der Waals surface area contributed by atoms with Gasteiger partial charge in [-0.25, -0.2) is 0 Å². The molecule has 0 radical (unpaired) electrons. The molecule has 1 aliphatic rings. The Labute approximate surface area is 146 Å². The molecule has 1 aliphatic carbocycles. The molecule has 0 saturated carbocycles. The van der Waals surface area contributed by atoms with Crippen molar-refractivity contribution in [1.29, 1.82) is 0 Å². The van der Waals surface area contributed by atoms with Gasteiger partial charge >= 0.3 is 0 Å². The Hall–Kier alpha value is -2.08. The molecule has 0 spiro atoms. The zero-order valence-corrected chi connectivity index (χ0v) is 15.0. The Morgan fingerprint density at radius 1 is 0.833 bits per heavy atom. The van der Waals surface area contributed by atoms with Crippen molar-refractivity contribution < 1.29 is 0 Å². The average molecular weight is 316 g/mol. The zero-order valence-electron chi connectivity index (χ0n) is 15.0. The van der Waals surface area contributed by atoms with Gasteiger partial charge in [-0.2, -0.15) is 0 Å². The number of benzene rings is 2. The first kappa shape index (κ1) is 16.8. The predicted octanol–water partition coefficient (Wildman–Crippen LogP) is 6.73. The van der Waals surface area contributed by atoms with Crippen LogP contribution in [0, 0.1) is 11.3 Å². The maximum Gasteiger partial charge on any atom is -0.00752 e. The Morgan fingerprint density at radius 2 is 1.42 bits per heavy atom. The van der Waals surface area contributed by atoms with Crippen LogP contribution in [-0.4, -0.2) is 0 Å². The zero-order chi connectivity index (χ0) is 17.0. The molecule has 0 heterocycles. The van der Waals surface area contributed by atoms with E-state index in [9.17, 15) is 0 Å². The van der Waals surface area contributed by atoms with Gasteiger partial charge in [-0.05, 0) is 40.7 Å². The molecular weight excluding hydrogens is 288 g/mol. The third kappa shape index (κ3) is 3.70. The normalized spacial score (nSPS) is 21.4. The molecule has 0 fully saturated rings. The SMILES string of the molecule is CC(CC(c1ccccc1)C1C=CC=CC1(C)C)c1ccccc1. The molecule has 0 bridgehead atoms. The highest BCUT2D eigenvalue weighted by atomic mass is 14.4. The molecule has 3 atom stereocenters. The van der Waals surface area contributed by atoms with Crippen LogP contribution in [0.4, 0.5) is 0 Å². The van der Waals surface area contributed by atoms with Gasteiger partial charge in [-0.15, -0.1) is 0 Å². The summed E-state index contributed by atoms with van der Waals surface area (Å²) in [6, 6.07) is 22.0. The van der Waals surface area contributed by atoms with E-state index in [1.807, 2.05) is 0 Å². The fourth-order valence-corrected chi connectivity index (χ4v) is 3.99. The monoisotopic (exact) mass is 316 g/mol. The van der Waals surface area contributed by atoms with Crippen LogP contribution in [0.2, 0.25) is 0 Å². The molecule has 0 saturated heterocycles. The van der Waals surface area contributed by atoms with Gasteiger partial charge in [0.1, 0.15) is 0 Å². The van der Waals surface area contributed by atoms with Gasteiger partial charge in [0.05, 0.1) is 0 Å². The lowest BCUT2D eigenvalue weighted by Crippen LogP contribution is -2.28. The Kier molecular flexibility index (Phi) is 5.04. The van der Waals surface area contributed by atoms with Crippen molar-refractivity contribution in [2.45, 2.75) is 39.0 Å². The quantitative estimate of drug-likeness (QED) is 0.573. The van der Waals surface area contributed by atoms with E-state index in [0.717, 1.165) is 0 Å². The molecular formula is C24H28. The standard InChI is InChI=1S/C24H28/c1-19(20-12-6-4-7-13-20)18-22(21-14-8-5-9-15-21)23-16-10-11-17-24(23,2)3/h4-17,19,22-23H,18H2,1-3H3. The summed E-state index contributed by atoms with van der Waals surface area (Å²) in [4.78, 5) is 0. The minimum absolute atomic E-state index is 0.186. The van der Waals surface area contributed by atoms with E-state index in [2.05, 4.69) is 106 Å². The van der Waals surface area contributed by atoms with Gasteiger partial charge in [-0.3, -0.25) is 0 Å². The smallest absolute Gasteiger partial charge is 0.00752 e. The van der Waals surface area contributed by atoms with Crippen LogP contribution in [0.3, 0.4) is 0 Å². The molecule has 3 rings (SSSR count). The van der Waals surface area contributed by atoms with E-state index in [0.29, 0.717) is 17.8 Å². The molecule has 0 heteroatoms. The lowest BCUT2D eigenvalue weighted by molar-refractivity contribution is 0.272. The van der Waals surface area contributed by atoms with Gasteiger partial charge in [0.2, 0.25) is 0 Å². The van der Waals surface area contributed by atoms with Crippen LogP contribution >= 0.6 is 0 Å². The fourth-order valence-electron chi connectivity index (χ4n) is 3.99. The van der Waals surface area contributed by atoms with Crippen molar-refractivity contribution in [1.82, 2.24) is 0 Å². The number of hydrogen-bond acceptors (Lipinski definition) is 0. The molecule has 0 aromatic heterocycles. The van der Waals surface area contributed by atoms with Gasteiger partial charge in [-0.1, -0.05) is 106 Å². The van der Waals surface area contributed by atoms with E-state index in [-0.39, 0.29) is 5.41 Å². The largest absolute Gasteiger partial charge is 0.0800 e. The summed E-state index contributed by atoms with van der Waals surface area (Å²) in [7, 11) is 0. The lowest BCUT2D eigenvalue weighted by atomic mass is 9.65. The van der Waals surface area contributed by atoms with Crippen LogP contribution in [0.1, 0.15) is 50.2 Å². The van der Waals surface area contributed by atoms with Crippen LogP contribution in [0.15, 0.2) is 85.0 Å². The molecule has 0 N–H and O–H groups in total. The van der Waals surface area contributed by atoms with E-state index >= 15 is 0 Å². The minimum atomic E-state index is 0.186. The molecule has 124 valence electrons. The Morgan fingerprint density at radius 3 is 2.00 bits per heavy atom. The van der Waals surface area contributed by atoms with Crippen LogP contribution in [0.5, 0.6) is 0 Å². The van der Waals surface area contributed by atoms with Crippen molar-refractivity contribution in [3.8, 4) is 0 Å². The minimum Gasteiger partial charge on any atom is -0.0800 e. The highest BCUT2D eigenvalue weighted by Gasteiger charge is 2.34. The van der Waals surface area contributed by atoms with E-state index < -0.39 is 0 Å². The highest BCUT2D eigenvalue weighted by molar-refractivity contribution is 5.29. The first-order valence-electron chi connectivity index (χ1n) is 9.04. The van der Waals surface area contributed by atoms with Crippen molar-refractivity contribution >= 4 is 0 Å². The second-order valence-electron chi connectivity index (χ2n) is 7.66. The Balaban J connectivity index is 1.91. The average Bonchev–Trinajstić information content (AvgIpc) is 2.61. The van der Waals surface area contributed by atoms with Crippen LogP contribution in [0.25, 0.3) is 0 Å². The first-order chi connectivity index (χ1) is 11.6. The molecule has 2 aromatic carbocycles. The second-order valence-corrected chi connectivity index (χ2v) is 7.66. The molecule has 2 aromatic rings. The molecule has 0 nitrogen and oxygen atoms in total. The van der Waals surface area contributed by atoms with Gasteiger partial charge < -0.3 is 0 Å². The maximum atomic E-state index is 2.41. The lowest BCUT2D eigenvalue weighted by Gasteiger charge is -2.39. The van der Waals surface area contributed by atoms with Gasteiger partial charge in [0.15, 0.2) is 0 Å². The van der Waals surface area contributed by atoms with Crippen molar-refractivity contribution in [2.24, 2.45) is 11.3 Å². The van der Waals surface area contributed by atoms with E-state index in [1.54, 1.807) is 0 Å². The second kappa shape index (κ2) is 7.21. The van der Waals surface area contributed by atoms with Crippen LogP contribution in [-0.2, 0) is 0 Å². The molecule has 24 heavy (non-hydrogen) atoms. The maximum absolute atomic E-state index is 2.41. The third-order valence-electron chi connectivity index (χ3n) is 5.45. The molecule has 3 unspecified atom stereocenters. The summed E-state index contributed by atoms with van der Waals surface area (Å²) in [6.07, 6.45) is 10.4. The fraction of sp³-hybridized carbons (Fsp3) is 0.333. The molecule has 0 amide bonds. The van der Waals surface area contributed by atoms with Crippen molar-refractivity contribution in [3.05, 3.63) is 96.1 Å². The summed E-state index contributed by atoms with van der Waals surface area (Å²) in [5, 5.41) is 0. The topological polar surface area (TPSA) is 0 Å². The Bertz CT molecular complexity index is 691. The van der Waals surface area contributed by atoms with Gasteiger partial charge in [0, 0.05) is 0 Å². The highest BCUT2D eigenvalue weighted by Crippen LogP contribution is 2.46. The molecule has 0 aliphatic heterocycles. The van der Waals surface area contributed by atoms with Gasteiger partial charge in [0.25, 0.3) is 0 Å².